The highest BCUT2D eigenvalue weighted by molar-refractivity contribution is 5.40. The van der Waals surface area contributed by atoms with Gasteiger partial charge in [-0.1, -0.05) is 12.1 Å². The van der Waals surface area contributed by atoms with Crippen molar-refractivity contribution in [2.24, 2.45) is 0 Å². The highest BCUT2D eigenvalue weighted by atomic mass is 19.1. The molecule has 100 valence electrons. The van der Waals surface area contributed by atoms with Crippen molar-refractivity contribution in [2.75, 3.05) is 11.9 Å². The van der Waals surface area contributed by atoms with E-state index in [0.29, 0.717) is 11.4 Å². The molecule has 0 radical (unpaired) electrons. The van der Waals surface area contributed by atoms with Gasteiger partial charge in [0.25, 0.3) is 0 Å². The van der Waals surface area contributed by atoms with Crippen LogP contribution in [0.15, 0.2) is 30.5 Å². The van der Waals surface area contributed by atoms with Crippen LogP contribution < -0.4 is 5.32 Å². The van der Waals surface area contributed by atoms with Gasteiger partial charge in [0, 0.05) is 12.7 Å². The maximum atomic E-state index is 13.1. The number of nitrogens with zero attached hydrogens (tertiary/aromatic N) is 2. The van der Waals surface area contributed by atoms with Crippen molar-refractivity contribution in [2.45, 2.75) is 20.0 Å². The molecule has 1 atom stereocenters. The predicted octanol–water partition coefficient (Wildman–Crippen LogP) is 2.38. The minimum Gasteiger partial charge on any atom is -0.387 e. The third-order valence-electron chi connectivity index (χ3n) is 2.77. The standard InChI is InChI=1S/C14H16FN3O/c1-9-7-16-10(2)14(18-9)17-8-13(19)11-4-3-5-12(15)6-11/h3-7,13,19H,8H2,1-2H3,(H,17,18). The van der Waals surface area contributed by atoms with Gasteiger partial charge in [0.1, 0.15) is 11.6 Å². The van der Waals surface area contributed by atoms with Crippen LogP contribution in [0.4, 0.5) is 10.2 Å². The van der Waals surface area contributed by atoms with Crippen molar-refractivity contribution < 1.29 is 9.50 Å². The second-order valence-electron chi connectivity index (χ2n) is 4.40. The first-order chi connectivity index (χ1) is 9.06. The molecule has 1 aromatic heterocycles. The third kappa shape index (κ3) is 3.48. The average Bonchev–Trinajstić information content (AvgIpc) is 2.39. The van der Waals surface area contributed by atoms with Gasteiger partial charge in [-0.15, -0.1) is 0 Å². The Morgan fingerprint density at radius 2 is 2.16 bits per heavy atom. The smallest absolute Gasteiger partial charge is 0.147 e. The van der Waals surface area contributed by atoms with Crippen LogP contribution in [0.3, 0.4) is 0 Å². The zero-order valence-corrected chi connectivity index (χ0v) is 10.9. The Morgan fingerprint density at radius 3 is 2.89 bits per heavy atom. The quantitative estimate of drug-likeness (QED) is 0.887. The monoisotopic (exact) mass is 261 g/mol. The first-order valence-corrected chi connectivity index (χ1v) is 6.04. The Bertz CT molecular complexity index is 574. The van der Waals surface area contributed by atoms with Crippen LogP contribution in [0, 0.1) is 19.7 Å². The van der Waals surface area contributed by atoms with Crippen LogP contribution in [-0.2, 0) is 0 Å². The molecule has 5 heteroatoms. The van der Waals surface area contributed by atoms with Crippen LogP contribution in [0.25, 0.3) is 0 Å². The molecule has 19 heavy (non-hydrogen) atoms. The number of aromatic nitrogens is 2. The summed E-state index contributed by atoms with van der Waals surface area (Å²) in [6, 6.07) is 5.93. The van der Waals surface area contributed by atoms with E-state index in [9.17, 15) is 9.50 Å². The van der Waals surface area contributed by atoms with Gasteiger partial charge in [0.2, 0.25) is 0 Å². The number of rotatable bonds is 4. The Kier molecular flexibility index (Phi) is 4.06. The number of nitrogens with one attached hydrogen (secondary N) is 1. The maximum absolute atomic E-state index is 13.1. The molecule has 0 aliphatic rings. The number of halogens is 1. The second kappa shape index (κ2) is 5.75. The Balaban J connectivity index is 2.04. The molecule has 4 nitrogen and oxygen atoms in total. The molecule has 0 aliphatic heterocycles. The summed E-state index contributed by atoms with van der Waals surface area (Å²) in [6.07, 6.45) is 0.890. The fraction of sp³-hybridized carbons (Fsp3) is 0.286. The van der Waals surface area contributed by atoms with Gasteiger partial charge in [-0.2, -0.15) is 0 Å². The first-order valence-electron chi connectivity index (χ1n) is 6.04. The van der Waals surface area contributed by atoms with Crippen LogP contribution in [-0.4, -0.2) is 21.6 Å². The molecule has 1 unspecified atom stereocenters. The molecule has 0 aliphatic carbocycles. The zero-order chi connectivity index (χ0) is 13.8. The van der Waals surface area contributed by atoms with Crippen LogP contribution >= 0.6 is 0 Å². The minimum atomic E-state index is -0.794. The summed E-state index contributed by atoms with van der Waals surface area (Å²) in [5.74, 6) is 0.276. The summed E-state index contributed by atoms with van der Waals surface area (Å²) >= 11 is 0. The maximum Gasteiger partial charge on any atom is 0.147 e. The number of anilines is 1. The number of hydrogen-bond acceptors (Lipinski definition) is 4. The summed E-state index contributed by atoms with van der Waals surface area (Å²) in [5, 5.41) is 13.0. The van der Waals surface area contributed by atoms with Gasteiger partial charge in [0.05, 0.1) is 17.5 Å². The fourth-order valence-electron chi connectivity index (χ4n) is 1.73. The normalized spacial score (nSPS) is 12.2. The lowest BCUT2D eigenvalue weighted by atomic mass is 10.1. The van der Waals surface area contributed by atoms with E-state index in [2.05, 4.69) is 15.3 Å². The molecule has 2 rings (SSSR count). The lowest BCUT2D eigenvalue weighted by Crippen LogP contribution is -2.14. The van der Waals surface area contributed by atoms with Crippen LogP contribution in [0.5, 0.6) is 0 Å². The van der Waals surface area contributed by atoms with Gasteiger partial charge < -0.3 is 10.4 Å². The van der Waals surface area contributed by atoms with E-state index in [0.717, 1.165) is 11.4 Å². The zero-order valence-electron chi connectivity index (χ0n) is 10.9. The van der Waals surface area contributed by atoms with E-state index in [1.165, 1.54) is 12.1 Å². The predicted molar refractivity (Wildman–Crippen MR) is 71.4 cm³/mol. The molecule has 0 saturated carbocycles. The fourth-order valence-corrected chi connectivity index (χ4v) is 1.73. The third-order valence-corrected chi connectivity index (χ3v) is 2.77. The molecule has 0 spiro atoms. The SMILES string of the molecule is Cc1cnc(C)c(NCC(O)c2cccc(F)c2)n1. The number of aliphatic hydroxyl groups is 1. The Hall–Kier alpha value is -2.01. The van der Waals surface area contributed by atoms with Crippen LogP contribution in [0.1, 0.15) is 23.1 Å². The van der Waals surface area contributed by atoms with Gasteiger partial charge in [-0.05, 0) is 31.5 Å². The molecule has 0 bridgehead atoms. The molecule has 1 heterocycles. The Labute approximate surface area is 111 Å². The van der Waals surface area contributed by atoms with Crippen molar-refractivity contribution in [1.82, 2.24) is 9.97 Å². The second-order valence-corrected chi connectivity index (χ2v) is 4.40. The average molecular weight is 261 g/mol. The number of benzene rings is 1. The van der Waals surface area contributed by atoms with Crippen molar-refractivity contribution in [1.29, 1.82) is 0 Å². The van der Waals surface area contributed by atoms with E-state index < -0.39 is 6.10 Å². The number of aliphatic hydroxyl groups excluding tert-OH is 1. The summed E-state index contributed by atoms with van der Waals surface area (Å²) < 4.78 is 13.1. The van der Waals surface area contributed by atoms with Gasteiger partial charge in [-0.3, -0.25) is 4.98 Å². The Morgan fingerprint density at radius 1 is 1.37 bits per heavy atom. The summed E-state index contributed by atoms with van der Waals surface area (Å²) in [6.45, 7) is 3.94. The van der Waals surface area contributed by atoms with Gasteiger partial charge >= 0.3 is 0 Å². The summed E-state index contributed by atoms with van der Waals surface area (Å²) in [7, 11) is 0. The highest BCUT2D eigenvalue weighted by Crippen LogP contribution is 2.16. The molecular weight excluding hydrogens is 245 g/mol. The topological polar surface area (TPSA) is 58.0 Å². The van der Waals surface area contributed by atoms with Crippen LogP contribution in [0.2, 0.25) is 0 Å². The molecule has 0 fully saturated rings. The van der Waals surface area contributed by atoms with Crippen molar-refractivity contribution in [3.63, 3.8) is 0 Å². The summed E-state index contributed by atoms with van der Waals surface area (Å²) in [4.78, 5) is 8.47. The molecule has 2 aromatic rings. The largest absolute Gasteiger partial charge is 0.387 e. The van der Waals surface area contributed by atoms with Gasteiger partial charge in [0.15, 0.2) is 0 Å². The lowest BCUT2D eigenvalue weighted by molar-refractivity contribution is 0.191. The summed E-state index contributed by atoms with van der Waals surface area (Å²) in [5.41, 5.74) is 2.09. The minimum absolute atomic E-state index is 0.252. The van der Waals surface area contributed by atoms with Crippen molar-refractivity contribution in [3.05, 3.63) is 53.2 Å². The highest BCUT2D eigenvalue weighted by Gasteiger charge is 2.09. The number of hydrogen-bond donors (Lipinski definition) is 2. The molecule has 0 amide bonds. The lowest BCUT2D eigenvalue weighted by Gasteiger charge is -2.14. The number of aryl methyl sites for hydroxylation is 2. The van der Waals surface area contributed by atoms with Gasteiger partial charge in [-0.25, -0.2) is 9.37 Å². The molecular formula is C14H16FN3O. The molecule has 0 saturated heterocycles. The first kappa shape index (κ1) is 13.4. The molecule has 2 N–H and O–H groups in total. The van der Waals surface area contributed by atoms with Crippen molar-refractivity contribution >= 4 is 5.82 Å². The van der Waals surface area contributed by atoms with E-state index in [4.69, 9.17) is 0 Å². The van der Waals surface area contributed by atoms with Crippen molar-refractivity contribution in [3.8, 4) is 0 Å². The molecule has 1 aromatic carbocycles. The van der Waals surface area contributed by atoms with E-state index in [-0.39, 0.29) is 12.4 Å². The van der Waals surface area contributed by atoms with E-state index in [1.54, 1.807) is 18.3 Å². The van der Waals surface area contributed by atoms with E-state index >= 15 is 0 Å². The van der Waals surface area contributed by atoms with E-state index in [1.807, 2.05) is 13.8 Å².